The van der Waals surface area contributed by atoms with Crippen molar-refractivity contribution < 1.29 is 4.74 Å². The van der Waals surface area contributed by atoms with E-state index in [1.807, 2.05) is 25.1 Å². The van der Waals surface area contributed by atoms with Crippen molar-refractivity contribution in [2.45, 2.75) is 18.8 Å². The molecule has 1 atom stereocenters. The lowest BCUT2D eigenvalue weighted by Gasteiger charge is -2.09. The summed E-state index contributed by atoms with van der Waals surface area (Å²) in [5.74, 6) is 1.70. The van der Waals surface area contributed by atoms with Crippen LogP contribution in [0.15, 0.2) is 35.0 Å². The molecule has 0 aliphatic rings. The largest absolute Gasteiger partial charge is 0.497 e. The minimum absolute atomic E-state index is 0.132. The van der Waals surface area contributed by atoms with Crippen molar-refractivity contribution >= 4 is 34.0 Å². The summed E-state index contributed by atoms with van der Waals surface area (Å²) in [6.45, 7) is 2.74. The third-order valence-corrected chi connectivity index (χ3v) is 4.19. The molecule has 3 aromatic rings. The molecular weight excluding hydrogens is 292 g/mol. The van der Waals surface area contributed by atoms with Gasteiger partial charge < -0.3 is 9.30 Å². The van der Waals surface area contributed by atoms with Crippen molar-refractivity contribution in [3.05, 3.63) is 46.4 Å². The van der Waals surface area contributed by atoms with E-state index in [1.54, 1.807) is 18.4 Å². The number of methoxy groups -OCH3 is 1. The molecule has 0 fully saturated rings. The highest BCUT2D eigenvalue weighted by atomic mass is 35.5. The predicted octanol–water partition coefficient (Wildman–Crippen LogP) is 4.45. The maximum atomic E-state index is 6.28. The topological polar surface area (TPSA) is 27.1 Å². The van der Waals surface area contributed by atoms with Gasteiger partial charge in [-0.25, -0.2) is 4.98 Å². The first kappa shape index (κ1) is 13.5. The van der Waals surface area contributed by atoms with Crippen LogP contribution in [0.2, 0.25) is 0 Å². The molecule has 0 aliphatic carbocycles. The van der Waals surface area contributed by atoms with Crippen LogP contribution in [0.4, 0.5) is 0 Å². The van der Waals surface area contributed by atoms with Crippen molar-refractivity contribution in [2.24, 2.45) is 0 Å². The lowest BCUT2D eigenvalue weighted by molar-refractivity contribution is 0.415. The van der Waals surface area contributed by atoms with Crippen LogP contribution in [-0.4, -0.2) is 16.7 Å². The molecule has 0 bridgehead atoms. The Morgan fingerprint density at radius 3 is 2.90 bits per heavy atom. The minimum Gasteiger partial charge on any atom is -0.497 e. The molecule has 3 rings (SSSR count). The summed E-state index contributed by atoms with van der Waals surface area (Å²) in [4.78, 5) is 4.66. The molecule has 0 N–H and O–H groups in total. The second-order valence-electron chi connectivity index (χ2n) is 4.66. The van der Waals surface area contributed by atoms with Gasteiger partial charge in [-0.1, -0.05) is 0 Å². The molecule has 2 aromatic heterocycles. The van der Waals surface area contributed by atoms with E-state index in [2.05, 4.69) is 26.4 Å². The number of imidazole rings is 1. The Morgan fingerprint density at radius 1 is 1.40 bits per heavy atom. The maximum absolute atomic E-state index is 6.28. The summed E-state index contributed by atoms with van der Waals surface area (Å²) >= 11 is 7.98. The first-order valence-corrected chi connectivity index (χ1v) is 7.76. The van der Waals surface area contributed by atoms with Crippen LogP contribution in [-0.2, 0) is 6.54 Å². The highest BCUT2D eigenvalue weighted by Crippen LogP contribution is 2.28. The summed E-state index contributed by atoms with van der Waals surface area (Å²) in [7, 11) is 1.66. The Bertz CT molecular complexity index is 719. The Balaban J connectivity index is 2.14. The van der Waals surface area contributed by atoms with Gasteiger partial charge in [0.15, 0.2) is 0 Å². The van der Waals surface area contributed by atoms with Gasteiger partial charge in [0.05, 0.1) is 30.1 Å². The minimum atomic E-state index is -0.132. The normalized spacial score (nSPS) is 12.8. The van der Waals surface area contributed by atoms with Crippen LogP contribution >= 0.6 is 22.9 Å². The Kier molecular flexibility index (Phi) is 3.68. The average Bonchev–Trinajstić information content (AvgIpc) is 3.06. The number of thiophene rings is 1. The standard InChI is InChI=1S/C15H15ClN2OS/c1-10(16)15-17-13-7-12(19-2)3-4-14(13)18(15)8-11-5-6-20-9-11/h3-7,9-10H,8H2,1-2H3. The molecule has 0 radical (unpaired) electrons. The van der Waals surface area contributed by atoms with E-state index >= 15 is 0 Å². The van der Waals surface area contributed by atoms with Crippen molar-refractivity contribution in [3.63, 3.8) is 0 Å². The number of fused-ring (bicyclic) bond motifs is 1. The SMILES string of the molecule is COc1ccc2c(c1)nc(C(C)Cl)n2Cc1ccsc1. The number of aromatic nitrogens is 2. The molecule has 0 saturated heterocycles. The number of rotatable bonds is 4. The molecule has 0 amide bonds. The van der Waals surface area contributed by atoms with Gasteiger partial charge in [-0.2, -0.15) is 11.3 Å². The van der Waals surface area contributed by atoms with Gasteiger partial charge in [-0.15, -0.1) is 11.6 Å². The molecule has 1 unspecified atom stereocenters. The molecule has 2 heterocycles. The second-order valence-corrected chi connectivity index (χ2v) is 6.09. The van der Waals surface area contributed by atoms with Crippen LogP contribution in [0.3, 0.4) is 0 Å². The van der Waals surface area contributed by atoms with Gasteiger partial charge in [-0.05, 0) is 41.4 Å². The van der Waals surface area contributed by atoms with Crippen molar-refractivity contribution in [3.8, 4) is 5.75 Å². The highest BCUT2D eigenvalue weighted by molar-refractivity contribution is 7.07. The number of halogens is 1. The zero-order valence-electron chi connectivity index (χ0n) is 11.3. The molecule has 5 heteroatoms. The van der Waals surface area contributed by atoms with Crippen LogP contribution in [0.25, 0.3) is 11.0 Å². The quantitative estimate of drug-likeness (QED) is 0.666. The van der Waals surface area contributed by atoms with E-state index in [9.17, 15) is 0 Å². The fourth-order valence-electron chi connectivity index (χ4n) is 2.29. The number of benzene rings is 1. The number of alkyl halides is 1. The second kappa shape index (κ2) is 5.46. The van der Waals surface area contributed by atoms with Gasteiger partial charge in [-0.3, -0.25) is 0 Å². The summed E-state index contributed by atoms with van der Waals surface area (Å²) in [6.07, 6.45) is 0. The van der Waals surface area contributed by atoms with Gasteiger partial charge >= 0.3 is 0 Å². The van der Waals surface area contributed by atoms with E-state index in [0.29, 0.717) is 0 Å². The smallest absolute Gasteiger partial charge is 0.128 e. The molecule has 0 aliphatic heterocycles. The van der Waals surface area contributed by atoms with Gasteiger partial charge in [0, 0.05) is 6.07 Å². The summed E-state index contributed by atoms with van der Waals surface area (Å²) in [5.41, 5.74) is 3.27. The number of hydrogen-bond donors (Lipinski definition) is 0. The fraction of sp³-hybridized carbons (Fsp3) is 0.267. The summed E-state index contributed by atoms with van der Waals surface area (Å²) in [5, 5.41) is 4.10. The lowest BCUT2D eigenvalue weighted by atomic mass is 10.2. The van der Waals surface area contributed by atoms with Gasteiger partial charge in [0.1, 0.15) is 11.6 Å². The van der Waals surface area contributed by atoms with Gasteiger partial charge in [0.25, 0.3) is 0 Å². The van der Waals surface area contributed by atoms with Crippen molar-refractivity contribution in [2.75, 3.05) is 7.11 Å². The number of ether oxygens (including phenoxy) is 1. The summed E-state index contributed by atoms with van der Waals surface area (Å²) < 4.78 is 7.43. The van der Waals surface area contributed by atoms with Crippen molar-refractivity contribution in [1.82, 2.24) is 9.55 Å². The first-order chi connectivity index (χ1) is 9.69. The molecule has 104 valence electrons. The Hall–Kier alpha value is -1.52. The third kappa shape index (κ3) is 2.41. The van der Waals surface area contributed by atoms with Gasteiger partial charge in [0.2, 0.25) is 0 Å². The molecule has 1 aromatic carbocycles. The van der Waals surface area contributed by atoms with E-state index in [4.69, 9.17) is 16.3 Å². The van der Waals surface area contributed by atoms with E-state index in [0.717, 1.165) is 29.2 Å². The predicted molar refractivity (Wildman–Crippen MR) is 84.0 cm³/mol. The molecule has 0 saturated carbocycles. The van der Waals surface area contributed by atoms with E-state index in [-0.39, 0.29) is 5.38 Å². The Labute approximate surface area is 126 Å². The molecule has 0 spiro atoms. The van der Waals surface area contributed by atoms with Crippen LogP contribution in [0.1, 0.15) is 23.7 Å². The zero-order chi connectivity index (χ0) is 14.1. The fourth-order valence-corrected chi connectivity index (χ4v) is 3.12. The molecule has 20 heavy (non-hydrogen) atoms. The van der Waals surface area contributed by atoms with E-state index < -0.39 is 0 Å². The van der Waals surface area contributed by atoms with Crippen LogP contribution in [0, 0.1) is 0 Å². The highest BCUT2D eigenvalue weighted by Gasteiger charge is 2.15. The first-order valence-electron chi connectivity index (χ1n) is 6.38. The molecular formula is C15H15ClN2OS. The van der Waals surface area contributed by atoms with Crippen molar-refractivity contribution in [1.29, 1.82) is 0 Å². The molecule has 3 nitrogen and oxygen atoms in total. The summed E-state index contributed by atoms with van der Waals surface area (Å²) in [6, 6.07) is 8.07. The average molecular weight is 307 g/mol. The third-order valence-electron chi connectivity index (χ3n) is 3.26. The number of nitrogens with zero attached hydrogens (tertiary/aromatic N) is 2. The monoisotopic (exact) mass is 306 g/mol. The van der Waals surface area contributed by atoms with Crippen LogP contribution < -0.4 is 4.74 Å². The lowest BCUT2D eigenvalue weighted by Crippen LogP contribution is -2.05. The number of hydrogen-bond acceptors (Lipinski definition) is 3. The maximum Gasteiger partial charge on any atom is 0.128 e. The zero-order valence-corrected chi connectivity index (χ0v) is 12.9. The Morgan fingerprint density at radius 2 is 2.25 bits per heavy atom. The van der Waals surface area contributed by atoms with Crippen LogP contribution in [0.5, 0.6) is 5.75 Å². The van der Waals surface area contributed by atoms with E-state index in [1.165, 1.54) is 5.56 Å².